The Morgan fingerprint density at radius 2 is 1.80 bits per heavy atom. The minimum atomic E-state index is -2.06. The first-order valence-electron chi connectivity index (χ1n) is 10.4. The first-order chi connectivity index (χ1) is 16.8. The normalized spacial score (nSPS) is 12.6. The Morgan fingerprint density at radius 1 is 1.17 bits per heavy atom. The zero-order chi connectivity index (χ0) is 25.4. The van der Waals surface area contributed by atoms with Gasteiger partial charge in [-0.3, -0.25) is 9.59 Å². The molecule has 3 aromatic rings. The van der Waals surface area contributed by atoms with E-state index in [9.17, 15) is 19.4 Å². The zero-order valence-corrected chi connectivity index (χ0v) is 19.8. The lowest BCUT2D eigenvalue weighted by Gasteiger charge is -2.20. The fourth-order valence-corrected chi connectivity index (χ4v) is 3.82. The number of benzene rings is 2. The molecule has 1 amide bonds. The first kappa shape index (κ1) is 25.6. The Balaban J connectivity index is 1.92. The Hall–Kier alpha value is -3.98. The van der Waals surface area contributed by atoms with E-state index in [-0.39, 0.29) is 23.2 Å². The van der Waals surface area contributed by atoms with E-state index in [1.54, 1.807) is 55.6 Å². The maximum atomic E-state index is 13.1. The topological polar surface area (TPSA) is 177 Å². The van der Waals surface area contributed by atoms with E-state index in [0.717, 1.165) is 22.9 Å². The van der Waals surface area contributed by atoms with Crippen LogP contribution in [0.2, 0.25) is 0 Å². The van der Waals surface area contributed by atoms with E-state index < -0.39 is 25.9 Å². The standard InChI is InChI=1S/C24H26N5O5P/c1-34-18-10-8-17(9-11-18)21(16-6-4-15(5-7-16)14-35(32)33)28-23(30)19-13-27-22(29-24(19)31)20(26)3-2-12-25/h2-13,21,32-33H,14,25-26H2,1H3,(H,28,30)(H,27,29,31)/b12-2-,20-3-. The summed E-state index contributed by atoms with van der Waals surface area (Å²) in [6.45, 7) is 0. The third-order valence-corrected chi connectivity index (χ3v) is 5.71. The molecule has 11 heteroatoms. The van der Waals surface area contributed by atoms with Gasteiger partial charge in [0.25, 0.3) is 11.5 Å². The van der Waals surface area contributed by atoms with E-state index in [2.05, 4.69) is 15.3 Å². The number of ether oxygens (including phenoxy) is 1. The molecule has 0 aliphatic heterocycles. The number of aromatic nitrogens is 2. The largest absolute Gasteiger partial charge is 0.497 e. The number of nitrogens with one attached hydrogen (secondary N) is 2. The SMILES string of the molecule is COc1ccc(C(NC(=O)c2cnc(/C(N)=C/C=C\N)[nH]c2=O)c2ccc(CP(O)O)cc2)cc1. The van der Waals surface area contributed by atoms with Gasteiger partial charge in [-0.25, -0.2) is 4.98 Å². The summed E-state index contributed by atoms with van der Waals surface area (Å²) >= 11 is 0. The molecule has 0 aliphatic rings. The van der Waals surface area contributed by atoms with Crippen molar-refractivity contribution < 1.29 is 19.3 Å². The summed E-state index contributed by atoms with van der Waals surface area (Å²) in [7, 11) is -0.505. The van der Waals surface area contributed by atoms with Crippen molar-refractivity contribution in [3.05, 3.63) is 112 Å². The van der Waals surface area contributed by atoms with Gasteiger partial charge < -0.3 is 36.3 Å². The lowest BCUT2D eigenvalue weighted by atomic mass is 9.97. The maximum Gasteiger partial charge on any atom is 0.264 e. The van der Waals surface area contributed by atoms with Gasteiger partial charge in [-0.15, -0.1) is 0 Å². The Bertz CT molecular complexity index is 1270. The van der Waals surface area contributed by atoms with E-state index in [1.165, 1.54) is 18.4 Å². The highest BCUT2D eigenvalue weighted by molar-refractivity contribution is 7.44. The van der Waals surface area contributed by atoms with E-state index >= 15 is 0 Å². The van der Waals surface area contributed by atoms with Gasteiger partial charge in [-0.05, 0) is 47.2 Å². The van der Waals surface area contributed by atoms with Crippen LogP contribution in [0.1, 0.15) is 38.9 Å². The number of hydrogen-bond donors (Lipinski definition) is 6. The molecule has 8 N–H and O–H groups in total. The molecule has 1 atom stereocenters. The van der Waals surface area contributed by atoms with Crippen LogP contribution in [0.5, 0.6) is 5.75 Å². The number of methoxy groups -OCH3 is 1. The third-order valence-electron chi connectivity index (χ3n) is 5.07. The minimum Gasteiger partial charge on any atom is -0.497 e. The van der Waals surface area contributed by atoms with Gasteiger partial charge in [0, 0.05) is 12.4 Å². The van der Waals surface area contributed by atoms with Crippen LogP contribution < -0.4 is 27.1 Å². The van der Waals surface area contributed by atoms with E-state index in [4.69, 9.17) is 16.2 Å². The summed E-state index contributed by atoms with van der Waals surface area (Å²) < 4.78 is 5.22. The van der Waals surface area contributed by atoms with Crippen LogP contribution in [-0.4, -0.2) is 32.8 Å². The summed E-state index contributed by atoms with van der Waals surface area (Å²) in [6, 6.07) is 13.6. The van der Waals surface area contributed by atoms with Gasteiger partial charge in [-0.1, -0.05) is 36.4 Å². The van der Waals surface area contributed by atoms with Crippen LogP contribution in [0.15, 0.2) is 77.9 Å². The average Bonchev–Trinajstić information content (AvgIpc) is 2.86. The number of carbonyl (C=O) groups is 1. The van der Waals surface area contributed by atoms with Crippen molar-refractivity contribution in [1.29, 1.82) is 0 Å². The monoisotopic (exact) mass is 495 g/mol. The molecule has 0 bridgehead atoms. The van der Waals surface area contributed by atoms with Gasteiger partial charge in [0.15, 0.2) is 14.2 Å². The zero-order valence-electron chi connectivity index (χ0n) is 18.9. The number of nitrogens with two attached hydrogens (primary N) is 2. The lowest BCUT2D eigenvalue weighted by molar-refractivity contribution is 0.0941. The number of rotatable bonds is 9. The third kappa shape index (κ3) is 6.77. The molecule has 2 aromatic carbocycles. The molecular weight excluding hydrogens is 469 g/mol. The summed E-state index contributed by atoms with van der Waals surface area (Å²) in [5.74, 6) is 0.133. The highest BCUT2D eigenvalue weighted by atomic mass is 31.2. The number of allylic oxidation sites excluding steroid dienone is 2. The van der Waals surface area contributed by atoms with Crippen molar-refractivity contribution in [3.8, 4) is 5.75 Å². The first-order valence-corrected chi connectivity index (χ1v) is 11.9. The van der Waals surface area contributed by atoms with Crippen LogP contribution in [0.4, 0.5) is 0 Å². The Kier molecular flexibility index (Phi) is 8.74. The number of hydrogen-bond acceptors (Lipinski definition) is 8. The number of nitrogens with zero attached hydrogens (tertiary/aromatic N) is 1. The van der Waals surface area contributed by atoms with Gasteiger partial charge in [0.2, 0.25) is 0 Å². The average molecular weight is 495 g/mol. The van der Waals surface area contributed by atoms with Crippen LogP contribution in [0.3, 0.4) is 0 Å². The second-order valence-electron chi connectivity index (χ2n) is 7.43. The van der Waals surface area contributed by atoms with Crippen LogP contribution in [0.25, 0.3) is 5.70 Å². The molecule has 1 heterocycles. The molecule has 0 fully saturated rings. The molecule has 182 valence electrons. The van der Waals surface area contributed by atoms with Crippen molar-refractivity contribution >= 4 is 20.0 Å². The maximum absolute atomic E-state index is 13.1. The molecule has 1 aromatic heterocycles. The summed E-state index contributed by atoms with van der Waals surface area (Å²) in [5, 5.41) is 2.88. The predicted molar refractivity (Wildman–Crippen MR) is 134 cm³/mol. The quantitative estimate of drug-likeness (QED) is 0.192. The molecular formula is C24H26N5O5P. The second-order valence-corrected chi connectivity index (χ2v) is 8.49. The number of amides is 1. The smallest absolute Gasteiger partial charge is 0.264 e. The summed E-state index contributed by atoms with van der Waals surface area (Å²) in [5.41, 5.74) is 12.7. The molecule has 0 saturated carbocycles. The molecule has 35 heavy (non-hydrogen) atoms. The molecule has 0 saturated heterocycles. The van der Waals surface area contributed by atoms with Gasteiger partial charge in [-0.2, -0.15) is 0 Å². The van der Waals surface area contributed by atoms with Crippen LogP contribution in [0, 0.1) is 0 Å². The molecule has 3 rings (SSSR count). The lowest BCUT2D eigenvalue weighted by Crippen LogP contribution is -2.34. The van der Waals surface area contributed by atoms with Gasteiger partial charge >= 0.3 is 0 Å². The molecule has 0 aliphatic carbocycles. The van der Waals surface area contributed by atoms with Crippen LogP contribution >= 0.6 is 8.38 Å². The fraction of sp³-hybridized carbons (Fsp3) is 0.125. The number of aromatic amines is 1. The van der Waals surface area contributed by atoms with Crippen molar-refractivity contribution in [1.82, 2.24) is 15.3 Å². The summed E-state index contributed by atoms with van der Waals surface area (Å²) in [6.07, 6.45) is 5.54. The molecule has 0 radical (unpaired) electrons. The fourth-order valence-electron chi connectivity index (χ4n) is 3.28. The highest BCUT2D eigenvalue weighted by Crippen LogP contribution is 2.30. The molecule has 10 nitrogen and oxygen atoms in total. The molecule has 0 spiro atoms. The van der Waals surface area contributed by atoms with E-state index in [1.807, 2.05) is 0 Å². The van der Waals surface area contributed by atoms with Crippen molar-refractivity contribution in [2.24, 2.45) is 11.5 Å². The van der Waals surface area contributed by atoms with Crippen molar-refractivity contribution in [2.75, 3.05) is 7.11 Å². The van der Waals surface area contributed by atoms with Crippen molar-refractivity contribution in [2.45, 2.75) is 12.2 Å². The Labute approximate surface area is 202 Å². The Morgan fingerprint density at radius 3 is 2.34 bits per heavy atom. The predicted octanol–water partition coefficient (Wildman–Crippen LogP) is 1.87. The van der Waals surface area contributed by atoms with Gasteiger partial charge in [0.1, 0.15) is 11.3 Å². The van der Waals surface area contributed by atoms with Crippen LogP contribution in [-0.2, 0) is 6.16 Å². The highest BCUT2D eigenvalue weighted by Gasteiger charge is 2.21. The second kappa shape index (κ2) is 11.9. The van der Waals surface area contributed by atoms with Crippen molar-refractivity contribution in [3.63, 3.8) is 0 Å². The summed E-state index contributed by atoms with van der Waals surface area (Å²) in [4.78, 5) is 50.8. The number of H-pyrrole nitrogens is 1. The minimum absolute atomic E-state index is 0.111. The molecule has 1 unspecified atom stereocenters. The number of carbonyl (C=O) groups excluding carboxylic acids is 1. The van der Waals surface area contributed by atoms with Gasteiger partial charge in [0.05, 0.1) is 18.8 Å². The van der Waals surface area contributed by atoms with E-state index in [0.29, 0.717) is 5.75 Å².